The summed E-state index contributed by atoms with van der Waals surface area (Å²) in [6, 6.07) is 11.4. The Morgan fingerprint density at radius 2 is 2.11 bits per heavy atom. The highest BCUT2D eigenvalue weighted by Crippen LogP contribution is 2.34. The van der Waals surface area contributed by atoms with E-state index in [9.17, 15) is 4.79 Å². The number of hydrogen-bond acceptors (Lipinski definition) is 6. The fraction of sp³-hybridized carbons (Fsp3) is 0.250. The molecular formula is C20H18ClN5O2. The molecule has 0 radical (unpaired) electrons. The largest absolute Gasteiger partial charge is 0.438 e. The summed E-state index contributed by atoms with van der Waals surface area (Å²) in [6.07, 6.45) is 1.20. The lowest BCUT2D eigenvalue weighted by molar-refractivity contribution is 0.0142. The number of nitrogens with zero attached hydrogens (tertiary/aromatic N) is 3. The van der Waals surface area contributed by atoms with Crippen molar-refractivity contribution < 1.29 is 9.53 Å². The Labute approximate surface area is 166 Å². The van der Waals surface area contributed by atoms with E-state index in [2.05, 4.69) is 20.6 Å². The third-order valence-corrected chi connectivity index (χ3v) is 5.73. The summed E-state index contributed by atoms with van der Waals surface area (Å²) in [6.45, 7) is 3.86. The van der Waals surface area contributed by atoms with Gasteiger partial charge in [0, 0.05) is 34.9 Å². The Morgan fingerprint density at radius 3 is 2.86 bits per heavy atom. The van der Waals surface area contributed by atoms with Gasteiger partial charge in [-0.05, 0) is 42.8 Å². The lowest BCUT2D eigenvalue weighted by Crippen LogP contribution is -2.61. The van der Waals surface area contributed by atoms with Crippen LogP contribution in [0, 0.1) is 6.92 Å². The van der Waals surface area contributed by atoms with E-state index in [0.29, 0.717) is 30.5 Å². The molecule has 0 unspecified atom stereocenters. The normalized spacial score (nSPS) is 17.6. The summed E-state index contributed by atoms with van der Waals surface area (Å²) in [5, 5.41) is 8.01. The average Bonchev–Trinajstić information content (AvgIpc) is 3.04. The minimum Gasteiger partial charge on any atom is -0.438 e. The number of carbonyl (C=O) groups excluding carboxylic acids is 1. The highest BCUT2D eigenvalue weighted by atomic mass is 35.5. The Morgan fingerprint density at radius 1 is 1.25 bits per heavy atom. The van der Waals surface area contributed by atoms with Gasteiger partial charge in [0.25, 0.3) is 0 Å². The molecule has 2 aliphatic heterocycles. The predicted octanol–water partition coefficient (Wildman–Crippen LogP) is 3.63. The van der Waals surface area contributed by atoms with E-state index in [0.717, 1.165) is 27.8 Å². The van der Waals surface area contributed by atoms with Crippen LogP contribution in [-0.2, 0) is 4.74 Å². The van der Waals surface area contributed by atoms with Crippen molar-refractivity contribution >= 4 is 45.8 Å². The fourth-order valence-corrected chi connectivity index (χ4v) is 3.77. The van der Waals surface area contributed by atoms with Gasteiger partial charge in [-0.2, -0.15) is 0 Å². The molecule has 2 aromatic carbocycles. The molecule has 7 nitrogen and oxygen atoms in total. The van der Waals surface area contributed by atoms with Crippen LogP contribution in [0.2, 0.25) is 5.02 Å². The van der Waals surface area contributed by atoms with Gasteiger partial charge in [-0.3, -0.25) is 4.90 Å². The van der Waals surface area contributed by atoms with Crippen molar-refractivity contribution in [3.63, 3.8) is 0 Å². The Kier molecular flexibility index (Phi) is 3.89. The quantitative estimate of drug-likeness (QED) is 0.705. The van der Waals surface area contributed by atoms with Crippen LogP contribution in [0.25, 0.3) is 10.9 Å². The van der Waals surface area contributed by atoms with Crippen LogP contribution in [-0.4, -0.2) is 41.3 Å². The average molecular weight is 396 g/mol. The maximum atomic E-state index is 12.4. The van der Waals surface area contributed by atoms with Gasteiger partial charge < -0.3 is 15.4 Å². The number of anilines is 3. The van der Waals surface area contributed by atoms with Gasteiger partial charge in [0.05, 0.1) is 12.1 Å². The van der Waals surface area contributed by atoms with Crippen LogP contribution in [0.4, 0.5) is 22.0 Å². The number of nitrogens with one attached hydrogen (secondary N) is 2. The van der Waals surface area contributed by atoms with Crippen LogP contribution in [0.15, 0.2) is 42.7 Å². The first-order valence-electron chi connectivity index (χ1n) is 9.03. The van der Waals surface area contributed by atoms with Crippen molar-refractivity contribution in [2.75, 3.05) is 29.9 Å². The number of amides is 1. The van der Waals surface area contributed by atoms with Crippen LogP contribution in [0.1, 0.15) is 5.56 Å². The Hall–Kier alpha value is -2.90. The summed E-state index contributed by atoms with van der Waals surface area (Å²) < 4.78 is 5.58. The highest BCUT2D eigenvalue weighted by molar-refractivity contribution is 6.31. The van der Waals surface area contributed by atoms with Crippen molar-refractivity contribution in [3.8, 4) is 0 Å². The van der Waals surface area contributed by atoms with E-state index in [1.54, 1.807) is 4.90 Å². The lowest BCUT2D eigenvalue weighted by Gasteiger charge is -2.36. The van der Waals surface area contributed by atoms with Crippen molar-refractivity contribution in [1.82, 2.24) is 15.3 Å². The zero-order valence-electron chi connectivity index (χ0n) is 15.2. The first-order chi connectivity index (χ1) is 13.5. The fourth-order valence-electron chi connectivity index (χ4n) is 3.59. The molecular weight excluding hydrogens is 378 g/mol. The van der Waals surface area contributed by atoms with Gasteiger partial charge in [0.2, 0.25) is 0 Å². The van der Waals surface area contributed by atoms with Crippen molar-refractivity contribution in [3.05, 3.63) is 53.3 Å². The standard InChI is InChI=1S/C20H18ClN5O2/c1-12-15(21)3-2-4-16(12)25-18-14-7-13(5-6-17(14)23-11-24-18)26-10-20(8-22-9-20)28-19(26)27/h2-7,11,22H,8-10H2,1H3,(H,23,24,25). The molecule has 142 valence electrons. The number of rotatable bonds is 3. The molecule has 3 aromatic rings. The van der Waals surface area contributed by atoms with E-state index in [-0.39, 0.29) is 6.09 Å². The lowest BCUT2D eigenvalue weighted by atomic mass is 9.97. The number of hydrogen-bond donors (Lipinski definition) is 2. The number of ether oxygens (including phenoxy) is 1. The van der Waals surface area contributed by atoms with Crippen molar-refractivity contribution in [1.29, 1.82) is 0 Å². The summed E-state index contributed by atoms with van der Waals surface area (Å²) in [5.41, 5.74) is 2.96. The second-order valence-corrected chi connectivity index (χ2v) is 7.61. The first kappa shape index (κ1) is 17.2. The minimum absolute atomic E-state index is 0.321. The van der Waals surface area contributed by atoms with Gasteiger partial charge in [0.1, 0.15) is 12.1 Å². The molecule has 0 saturated carbocycles. The minimum atomic E-state index is -0.405. The number of carbonyl (C=O) groups is 1. The predicted molar refractivity (Wildman–Crippen MR) is 108 cm³/mol. The van der Waals surface area contributed by atoms with E-state index in [4.69, 9.17) is 16.3 Å². The van der Waals surface area contributed by atoms with E-state index < -0.39 is 5.60 Å². The maximum absolute atomic E-state index is 12.4. The third-order valence-electron chi connectivity index (χ3n) is 5.32. The van der Waals surface area contributed by atoms with Gasteiger partial charge in [-0.1, -0.05) is 17.7 Å². The number of fused-ring (bicyclic) bond motifs is 1. The molecule has 5 rings (SSSR count). The summed E-state index contributed by atoms with van der Waals surface area (Å²) in [4.78, 5) is 22.8. The molecule has 28 heavy (non-hydrogen) atoms. The first-order valence-corrected chi connectivity index (χ1v) is 9.41. The molecule has 1 amide bonds. The zero-order valence-corrected chi connectivity index (χ0v) is 16.0. The van der Waals surface area contributed by atoms with Gasteiger partial charge in [-0.25, -0.2) is 14.8 Å². The number of aromatic nitrogens is 2. The topological polar surface area (TPSA) is 79.4 Å². The molecule has 0 bridgehead atoms. The highest BCUT2D eigenvalue weighted by Gasteiger charge is 2.50. The second-order valence-electron chi connectivity index (χ2n) is 7.20. The van der Waals surface area contributed by atoms with Gasteiger partial charge in [-0.15, -0.1) is 0 Å². The molecule has 2 aliphatic rings. The van der Waals surface area contributed by atoms with Gasteiger partial charge in [0.15, 0.2) is 5.60 Å². The van der Waals surface area contributed by atoms with Gasteiger partial charge >= 0.3 is 6.09 Å². The van der Waals surface area contributed by atoms with Crippen LogP contribution in [0.3, 0.4) is 0 Å². The molecule has 8 heteroatoms. The SMILES string of the molecule is Cc1c(Cl)cccc1Nc1ncnc2ccc(N3CC4(CNC4)OC3=O)cc12. The van der Waals surface area contributed by atoms with Crippen LogP contribution in [0.5, 0.6) is 0 Å². The van der Waals surface area contributed by atoms with E-state index >= 15 is 0 Å². The second kappa shape index (κ2) is 6.32. The Balaban J connectivity index is 1.53. The van der Waals surface area contributed by atoms with Crippen LogP contribution < -0.4 is 15.5 Å². The third kappa shape index (κ3) is 2.75. The monoisotopic (exact) mass is 395 g/mol. The molecule has 1 aromatic heterocycles. The maximum Gasteiger partial charge on any atom is 0.415 e. The Bertz CT molecular complexity index is 1100. The van der Waals surface area contributed by atoms with Crippen LogP contribution >= 0.6 is 11.6 Å². The molecule has 2 fully saturated rings. The summed E-state index contributed by atoms with van der Waals surface area (Å²) in [5.74, 6) is 0.657. The van der Waals surface area contributed by atoms with Crippen molar-refractivity contribution in [2.24, 2.45) is 0 Å². The summed E-state index contributed by atoms with van der Waals surface area (Å²) >= 11 is 6.24. The van der Waals surface area contributed by atoms with E-state index in [1.165, 1.54) is 6.33 Å². The molecule has 1 spiro atoms. The number of halogens is 1. The molecule has 2 N–H and O–H groups in total. The molecule has 0 atom stereocenters. The van der Waals surface area contributed by atoms with E-state index in [1.807, 2.05) is 43.3 Å². The number of benzene rings is 2. The molecule has 2 saturated heterocycles. The summed E-state index contributed by atoms with van der Waals surface area (Å²) in [7, 11) is 0. The zero-order chi connectivity index (χ0) is 19.3. The molecule has 3 heterocycles. The van der Waals surface area contributed by atoms with Crippen molar-refractivity contribution in [2.45, 2.75) is 12.5 Å². The molecule has 0 aliphatic carbocycles. The smallest absolute Gasteiger partial charge is 0.415 e.